The second kappa shape index (κ2) is 5.64. The van der Waals surface area contributed by atoms with Gasteiger partial charge in [0.25, 0.3) is 0 Å². The highest BCUT2D eigenvalue weighted by atomic mass is 16.7. The third-order valence-corrected chi connectivity index (χ3v) is 2.97. The second-order valence-electron chi connectivity index (χ2n) is 4.29. The number of hydrogen-bond acceptors (Lipinski definition) is 6. The van der Waals surface area contributed by atoms with Gasteiger partial charge in [-0.05, 0) is 24.1 Å². The molecule has 0 unspecified atom stereocenters. The minimum Gasteiger partial charge on any atom is -0.481 e. The maximum atomic E-state index is 5.35. The smallest absolute Gasteiger partial charge is 0.231 e. The molecular weight excluding hydrogens is 258 g/mol. The number of ether oxygens (including phenoxy) is 3. The number of benzene rings is 1. The summed E-state index contributed by atoms with van der Waals surface area (Å²) in [6.07, 6.45) is 2.51. The molecule has 20 heavy (non-hydrogen) atoms. The van der Waals surface area contributed by atoms with Crippen molar-refractivity contribution in [3.63, 3.8) is 0 Å². The van der Waals surface area contributed by atoms with Gasteiger partial charge in [-0.2, -0.15) is 4.98 Å². The van der Waals surface area contributed by atoms with E-state index in [-0.39, 0.29) is 0 Å². The Kier molecular flexibility index (Phi) is 3.54. The molecule has 0 bridgehead atoms. The number of hydrogen-bond donors (Lipinski definition) is 1. The number of fused-ring (bicyclic) bond motifs is 1. The van der Waals surface area contributed by atoms with E-state index < -0.39 is 0 Å². The molecule has 1 aromatic carbocycles. The lowest BCUT2D eigenvalue weighted by atomic mass is 10.1. The van der Waals surface area contributed by atoms with Gasteiger partial charge in [0.05, 0.1) is 7.11 Å². The van der Waals surface area contributed by atoms with Crippen molar-refractivity contribution in [1.82, 2.24) is 9.97 Å². The largest absolute Gasteiger partial charge is 0.481 e. The molecule has 0 fully saturated rings. The summed E-state index contributed by atoms with van der Waals surface area (Å²) >= 11 is 0. The highest BCUT2D eigenvalue weighted by Gasteiger charge is 2.12. The first-order chi connectivity index (χ1) is 9.85. The summed E-state index contributed by atoms with van der Waals surface area (Å²) in [5.74, 6) is 2.72. The van der Waals surface area contributed by atoms with E-state index in [1.165, 1.54) is 5.56 Å². The zero-order chi connectivity index (χ0) is 13.8. The first-order valence-electron chi connectivity index (χ1n) is 6.34. The van der Waals surface area contributed by atoms with Gasteiger partial charge in [-0.3, -0.25) is 0 Å². The van der Waals surface area contributed by atoms with Crippen molar-refractivity contribution in [3.05, 3.63) is 36.0 Å². The fourth-order valence-electron chi connectivity index (χ4n) is 1.96. The maximum absolute atomic E-state index is 5.35. The zero-order valence-electron chi connectivity index (χ0n) is 11.1. The van der Waals surface area contributed by atoms with Crippen LogP contribution in [-0.4, -0.2) is 30.4 Å². The number of aromatic nitrogens is 2. The van der Waals surface area contributed by atoms with Crippen LogP contribution in [0, 0.1) is 0 Å². The summed E-state index contributed by atoms with van der Waals surface area (Å²) in [7, 11) is 1.58. The van der Waals surface area contributed by atoms with Gasteiger partial charge in [-0.25, -0.2) is 4.98 Å². The lowest BCUT2D eigenvalue weighted by Gasteiger charge is -2.06. The third-order valence-electron chi connectivity index (χ3n) is 2.97. The molecule has 1 aliphatic rings. The van der Waals surface area contributed by atoms with Crippen LogP contribution in [0.2, 0.25) is 0 Å². The Morgan fingerprint density at radius 1 is 1.25 bits per heavy atom. The molecule has 1 aliphatic heterocycles. The number of rotatable bonds is 5. The summed E-state index contributed by atoms with van der Waals surface area (Å²) in [6, 6.07) is 7.67. The van der Waals surface area contributed by atoms with Crippen molar-refractivity contribution in [2.75, 3.05) is 25.8 Å². The molecule has 0 atom stereocenters. The van der Waals surface area contributed by atoms with E-state index in [0.717, 1.165) is 24.5 Å². The fraction of sp³-hybridized carbons (Fsp3) is 0.286. The van der Waals surface area contributed by atoms with E-state index in [2.05, 4.69) is 15.3 Å². The monoisotopic (exact) mass is 273 g/mol. The molecule has 0 radical (unpaired) electrons. The summed E-state index contributed by atoms with van der Waals surface area (Å²) in [6.45, 7) is 1.03. The number of nitrogens with one attached hydrogen (secondary N) is 1. The molecule has 0 saturated heterocycles. The van der Waals surface area contributed by atoms with Crippen molar-refractivity contribution in [2.24, 2.45) is 0 Å². The van der Waals surface area contributed by atoms with E-state index in [4.69, 9.17) is 14.2 Å². The van der Waals surface area contributed by atoms with E-state index in [0.29, 0.717) is 18.6 Å². The van der Waals surface area contributed by atoms with Gasteiger partial charge in [0.2, 0.25) is 18.6 Å². The summed E-state index contributed by atoms with van der Waals surface area (Å²) in [5.41, 5.74) is 1.17. The Hall–Kier alpha value is -2.50. The highest BCUT2D eigenvalue weighted by molar-refractivity contribution is 5.44. The molecule has 0 aliphatic carbocycles. The standard InChI is InChI=1S/C14H15N3O3/c1-18-13-5-7-16-14(17-13)15-6-4-10-2-3-11-12(8-10)20-9-19-11/h2-3,5,7-8H,4,6,9H2,1H3,(H,15,16,17). The average Bonchev–Trinajstić information content (AvgIpc) is 2.95. The Labute approximate surface area is 116 Å². The number of methoxy groups -OCH3 is 1. The predicted molar refractivity (Wildman–Crippen MR) is 73.3 cm³/mol. The number of anilines is 1. The second-order valence-corrected chi connectivity index (χ2v) is 4.29. The van der Waals surface area contributed by atoms with Crippen LogP contribution in [0.25, 0.3) is 0 Å². The molecule has 0 amide bonds. The quantitative estimate of drug-likeness (QED) is 0.897. The van der Waals surface area contributed by atoms with E-state index in [9.17, 15) is 0 Å². The molecule has 2 heterocycles. The first kappa shape index (κ1) is 12.5. The molecule has 6 nitrogen and oxygen atoms in total. The topological polar surface area (TPSA) is 65.5 Å². The van der Waals surface area contributed by atoms with Crippen molar-refractivity contribution in [3.8, 4) is 17.4 Å². The molecule has 3 rings (SSSR count). The fourth-order valence-corrected chi connectivity index (χ4v) is 1.96. The van der Waals surface area contributed by atoms with Crippen LogP contribution in [0.15, 0.2) is 30.5 Å². The molecule has 2 aromatic rings. The normalized spacial score (nSPS) is 12.2. The Bertz CT molecular complexity index is 604. The van der Waals surface area contributed by atoms with Crippen LogP contribution in [0.1, 0.15) is 5.56 Å². The zero-order valence-corrected chi connectivity index (χ0v) is 11.1. The summed E-state index contributed by atoms with van der Waals surface area (Å²) in [4.78, 5) is 8.32. The van der Waals surface area contributed by atoms with Gasteiger partial charge in [-0.15, -0.1) is 0 Å². The minimum absolute atomic E-state index is 0.300. The Morgan fingerprint density at radius 3 is 3.05 bits per heavy atom. The van der Waals surface area contributed by atoms with E-state index in [1.54, 1.807) is 19.4 Å². The summed E-state index contributed by atoms with van der Waals surface area (Å²) in [5, 5.41) is 3.16. The SMILES string of the molecule is COc1ccnc(NCCc2ccc3c(c2)OCO3)n1. The highest BCUT2D eigenvalue weighted by Crippen LogP contribution is 2.32. The maximum Gasteiger partial charge on any atom is 0.231 e. The Morgan fingerprint density at radius 2 is 2.15 bits per heavy atom. The van der Waals surface area contributed by atoms with Gasteiger partial charge >= 0.3 is 0 Å². The molecule has 1 N–H and O–H groups in total. The average molecular weight is 273 g/mol. The van der Waals surface area contributed by atoms with Crippen molar-refractivity contribution < 1.29 is 14.2 Å². The van der Waals surface area contributed by atoms with Crippen molar-refractivity contribution in [1.29, 1.82) is 0 Å². The van der Waals surface area contributed by atoms with Crippen LogP contribution in [0.3, 0.4) is 0 Å². The predicted octanol–water partition coefficient (Wildman–Crippen LogP) is 1.87. The van der Waals surface area contributed by atoms with Crippen LogP contribution in [0.4, 0.5) is 5.95 Å². The summed E-state index contributed by atoms with van der Waals surface area (Å²) < 4.78 is 15.7. The van der Waals surface area contributed by atoms with Gasteiger partial charge in [0.15, 0.2) is 11.5 Å². The van der Waals surface area contributed by atoms with Gasteiger partial charge in [0.1, 0.15) is 0 Å². The van der Waals surface area contributed by atoms with Crippen molar-refractivity contribution >= 4 is 5.95 Å². The first-order valence-corrected chi connectivity index (χ1v) is 6.34. The van der Waals surface area contributed by atoms with Gasteiger partial charge in [-0.1, -0.05) is 6.07 Å². The molecular formula is C14H15N3O3. The molecule has 104 valence electrons. The molecule has 6 heteroatoms. The van der Waals surface area contributed by atoms with E-state index >= 15 is 0 Å². The van der Waals surface area contributed by atoms with Gasteiger partial charge in [0, 0.05) is 18.8 Å². The minimum atomic E-state index is 0.300. The third kappa shape index (κ3) is 2.74. The van der Waals surface area contributed by atoms with Gasteiger partial charge < -0.3 is 19.5 Å². The lowest BCUT2D eigenvalue weighted by molar-refractivity contribution is 0.174. The molecule has 0 spiro atoms. The lowest BCUT2D eigenvalue weighted by Crippen LogP contribution is -2.08. The number of nitrogens with zero attached hydrogens (tertiary/aromatic N) is 2. The molecule has 0 saturated carbocycles. The molecule has 1 aromatic heterocycles. The van der Waals surface area contributed by atoms with Crippen molar-refractivity contribution in [2.45, 2.75) is 6.42 Å². The van der Waals surface area contributed by atoms with Crippen LogP contribution in [0.5, 0.6) is 17.4 Å². The Balaban J connectivity index is 1.57. The van der Waals surface area contributed by atoms with Crippen LogP contribution < -0.4 is 19.5 Å². The van der Waals surface area contributed by atoms with E-state index in [1.807, 2.05) is 18.2 Å². The van der Waals surface area contributed by atoms with Crippen LogP contribution in [-0.2, 0) is 6.42 Å². The van der Waals surface area contributed by atoms with Crippen LogP contribution >= 0.6 is 0 Å².